The van der Waals surface area contributed by atoms with Crippen LogP contribution in [-0.2, 0) is 9.59 Å². The van der Waals surface area contributed by atoms with Gasteiger partial charge >= 0.3 is 0 Å². The predicted octanol–water partition coefficient (Wildman–Crippen LogP) is 3.45. The molecule has 1 aromatic rings. The number of ether oxygens (including phenoxy) is 1. The number of nitrogens with zero attached hydrogens (tertiary/aromatic N) is 1. The van der Waals surface area contributed by atoms with Crippen LogP contribution in [0.4, 0.5) is 5.69 Å². The molecule has 0 aromatic heterocycles. The molecule has 25 heavy (non-hydrogen) atoms. The smallest absolute Gasteiger partial charge is 0.228 e. The van der Waals surface area contributed by atoms with Gasteiger partial charge in [-0.25, -0.2) is 0 Å². The van der Waals surface area contributed by atoms with Gasteiger partial charge in [0.2, 0.25) is 11.8 Å². The van der Waals surface area contributed by atoms with Crippen molar-refractivity contribution in [1.29, 1.82) is 0 Å². The van der Waals surface area contributed by atoms with E-state index in [2.05, 4.69) is 5.32 Å². The zero-order valence-corrected chi connectivity index (χ0v) is 15.2. The fourth-order valence-corrected chi connectivity index (χ4v) is 3.44. The van der Waals surface area contributed by atoms with E-state index in [9.17, 15) is 9.59 Å². The maximum Gasteiger partial charge on any atom is 0.228 e. The molecule has 1 N–H and O–H groups in total. The molecule has 2 aliphatic rings. The zero-order chi connectivity index (χ0) is 17.8. The summed E-state index contributed by atoms with van der Waals surface area (Å²) in [5.74, 6) is 0.405. The van der Waals surface area contributed by atoms with Crippen molar-refractivity contribution in [2.45, 2.75) is 52.1 Å². The van der Waals surface area contributed by atoms with E-state index in [1.165, 1.54) is 12.8 Å². The van der Waals surface area contributed by atoms with Gasteiger partial charge in [-0.15, -0.1) is 0 Å². The molecule has 1 saturated carbocycles. The van der Waals surface area contributed by atoms with Crippen LogP contribution in [0.15, 0.2) is 24.3 Å². The number of nitrogens with one attached hydrogen (secondary N) is 1. The zero-order valence-electron chi connectivity index (χ0n) is 15.2. The van der Waals surface area contributed by atoms with Gasteiger partial charge in [0.1, 0.15) is 5.75 Å². The molecule has 0 bridgehead atoms. The van der Waals surface area contributed by atoms with Gasteiger partial charge in [-0.05, 0) is 45.2 Å². The van der Waals surface area contributed by atoms with Crippen LogP contribution in [-0.4, -0.2) is 35.9 Å². The van der Waals surface area contributed by atoms with E-state index in [4.69, 9.17) is 4.74 Å². The lowest BCUT2D eigenvalue weighted by atomic mass is 10.2. The Balaban J connectivity index is 1.57. The Labute approximate surface area is 149 Å². The highest BCUT2D eigenvalue weighted by Crippen LogP contribution is 2.41. The van der Waals surface area contributed by atoms with E-state index in [0.29, 0.717) is 17.9 Å². The average molecular weight is 344 g/mol. The largest absolute Gasteiger partial charge is 0.489 e. The lowest BCUT2D eigenvalue weighted by Crippen LogP contribution is -2.34. The molecule has 2 amide bonds. The van der Waals surface area contributed by atoms with Gasteiger partial charge in [0.25, 0.3) is 0 Å². The van der Waals surface area contributed by atoms with Crippen molar-refractivity contribution in [1.82, 2.24) is 4.90 Å². The monoisotopic (exact) mass is 344 g/mol. The Morgan fingerprint density at radius 1 is 1.08 bits per heavy atom. The first kappa shape index (κ1) is 17.8. The molecular formula is C20H28N2O3. The normalized spacial score (nSPS) is 23.1. The number of anilines is 1. The van der Waals surface area contributed by atoms with Gasteiger partial charge in [-0.3, -0.25) is 9.59 Å². The van der Waals surface area contributed by atoms with Crippen molar-refractivity contribution in [3.05, 3.63) is 24.3 Å². The van der Waals surface area contributed by atoms with Crippen LogP contribution in [0, 0.1) is 11.8 Å². The van der Waals surface area contributed by atoms with Gasteiger partial charge < -0.3 is 15.0 Å². The van der Waals surface area contributed by atoms with Crippen LogP contribution in [0.3, 0.4) is 0 Å². The highest BCUT2D eigenvalue weighted by molar-refractivity contribution is 6.00. The van der Waals surface area contributed by atoms with Crippen molar-refractivity contribution < 1.29 is 14.3 Å². The molecule has 2 atom stereocenters. The van der Waals surface area contributed by atoms with E-state index in [0.717, 1.165) is 25.9 Å². The molecule has 136 valence electrons. The fourth-order valence-electron chi connectivity index (χ4n) is 3.44. The Kier molecular flexibility index (Phi) is 5.61. The second-order valence-electron chi connectivity index (χ2n) is 7.34. The van der Waals surface area contributed by atoms with Crippen LogP contribution in [0.2, 0.25) is 0 Å². The Hall–Kier alpha value is -2.04. The minimum absolute atomic E-state index is 0.0383. The molecule has 1 aliphatic carbocycles. The first-order valence-electron chi connectivity index (χ1n) is 9.41. The van der Waals surface area contributed by atoms with Gasteiger partial charge in [0.15, 0.2) is 0 Å². The standard InChI is InChI=1S/C20H28N2O3/c1-14(2)25-18-10-6-5-9-17(18)21-19(23)15-13-16(15)20(24)22-11-7-3-4-8-12-22/h5-6,9-10,14-16H,3-4,7-8,11-13H2,1-2H3,(H,21,23). The average Bonchev–Trinajstić information content (AvgIpc) is 3.39. The number of likely N-dealkylation sites (tertiary alicyclic amines) is 1. The molecule has 1 aromatic carbocycles. The van der Waals surface area contributed by atoms with Crippen molar-refractivity contribution in [2.24, 2.45) is 11.8 Å². The molecule has 1 aliphatic heterocycles. The van der Waals surface area contributed by atoms with E-state index >= 15 is 0 Å². The lowest BCUT2D eigenvalue weighted by molar-refractivity contribution is -0.134. The summed E-state index contributed by atoms with van der Waals surface area (Å²) in [5, 5.41) is 2.94. The summed E-state index contributed by atoms with van der Waals surface area (Å²) in [6, 6.07) is 7.44. The number of carbonyl (C=O) groups is 2. The molecule has 0 radical (unpaired) electrons. The third kappa shape index (κ3) is 4.53. The number of amides is 2. The number of benzene rings is 1. The molecule has 3 rings (SSSR count). The Bertz CT molecular complexity index is 621. The van der Waals surface area contributed by atoms with Crippen molar-refractivity contribution in [3.63, 3.8) is 0 Å². The molecule has 2 unspecified atom stereocenters. The molecule has 5 heteroatoms. The van der Waals surface area contributed by atoms with Gasteiger partial charge in [-0.2, -0.15) is 0 Å². The van der Waals surface area contributed by atoms with Crippen molar-refractivity contribution in [2.75, 3.05) is 18.4 Å². The van der Waals surface area contributed by atoms with E-state index in [-0.39, 0.29) is 29.8 Å². The van der Waals surface area contributed by atoms with Crippen LogP contribution in [0.1, 0.15) is 46.0 Å². The third-order valence-corrected chi connectivity index (χ3v) is 4.87. The van der Waals surface area contributed by atoms with E-state index in [1.807, 2.05) is 43.0 Å². The molecule has 5 nitrogen and oxygen atoms in total. The summed E-state index contributed by atoms with van der Waals surface area (Å²) in [6.07, 6.45) is 5.26. The van der Waals surface area contributed by atoms with Crippen molar-refractivity contribution in [3.8, 4) is 5.75 Å². The SMILES string of the molecule is CC(C)Oc1ccccc1NC(=O)C1CC1C(=O)N1CCCCCC1. The van der Waals surface area contributed by atoms with Gasteiger partial charge in [0, 0.05) is 13.1 Å². The van der Waals surface area contributed by atoms with Crippen LogP contribution in [0.25, 0.3) is 0 Å². The Morgan fingerprint density at radius 2 is 1.76 bits per heavy atom. The van der Waals surface area contributed by atoms with Crippen LogP contribution in [0.5, 0.6) is 5.75 Å². The minimum Gasteiger partial charge on any atom is -0.489 e. The summed E-state index contributed by atoms with van der Waals surface area (Å²) >= 11 is 0. The van der Waals surface area contributed by atoms with Gasteiger partial charge in [0.05, 0.1) is 23.6 Å². The Morgan fingerprint density at radius 3 is 2.44 bits per heavy atom. The third-order valence-electron chi connectivity index (χ3n) is 4.87. The number of carbonyl (C=O) groups excluding carboxylic acids is 2. The summed E-state index contributed by atoms with van der Waals surface area (Å²) in [4.78, 5) is 27.1. The molecule has 1 heterocycles. The van der Waals surface area contributed by atoms with E-state index in [1.54, 1.807) is 0 Å². The fraction of sp³-hybridized carbons (Fsp3) is 0.600. The highest BCUT2D eigenvalue weighted by Gasteiger charge is 2.49. The summed E-state index contributed by atoms with van der Waals surface area (Å²) in [5.41, 5.74) is 0.675. The van der Waals surface area contributed by atoms with Crippen LogP contribution >= 0.6 is 0 Å². The first-order valence-corrected chi connectivity index (χ1v) is 9.41. The number of hydrogen-bond donors (Lipinski definition) is 1. The maximum atomic E-state index is 12.6. The number of rotatable bonds is 5. The second-order valence-corrected chi connectivity index (χ2v) is 7.34. The van der Waals surface area contributed by atoms with Crippen molar-refractivity contribution >= 4 is 17.5 Å². The quantitative estimate of drug-likeness (QED) is 0.890. The summed E-state index contributed by atoms with van der Waals surface area (Å²) in [7, 11) is 0. The first-order chi connectivity index (χ1) is 12.1. The highest BCUT2D eigenvalue weighted by atomic mass is 16.5. The molecular weight excluding hydrogens is 316 g/mol. The number of para-hydroxylation sites is 2. The van der Waals surface area contributed by atoms with Gasteiger partial charge in [-0.1, -0.05) is 25.0 Å². The second kappa shape index (κ2) is 7.89. The molecule has 1 saturated heterocycles. The van der Waals surface area contributed by atoms with E-state index < -0.39 is 0 Å². The number of hydrogen-bond acceptors (Lipinski definition) is 3. The topological polar surface area (TPSA) is 58.6 Å². The molecule has 0 spiro atoms. The molecule has 2 fully saturated rings. The maximum absolute atomic E-state index is 12.6. The lowest BCUT2D eigenvalue weighted by Gasteiger charge is -2.20. The minimum atomic E-state index is -0.206. The summed E-state index contributed by atoms with van der Waals surface area (Å²) in [6.45, 7) is 5.59. The predicted molar refractivity (Wildman–Crippen MR) is 97.5 cm³/mol. The summed E-state index contributed by atoms with van der Waals surface area (Å²) < 4.78 is 5.74. The van der Waals surface area contributed by atoms with Crippen LogP contribution < -0.4 is 10.1 Å².